The number of rotatable bonds is 1. The molecule has 2 saturated heterocycles. The number of fused-ring (bicyclic) bond motifs is 1. The number of anilines is 1. The van der Waals surface area contributed by atoms with E-state index in [0.29, 0.717) is 38.5 Å². The number of hydrogen-bond acceptors (Lipinski definition) is 5. The molecule has 24 heavy (non-hydrogen) atoms. The fraction of sp³-hybridized carbons (Fsp3) is 0.529. The van der Waals surface area contributed by atoms with E-state index >= 15 is 0 Å². The standard InChI is InChI=1S/C17H20N2O4S/c1-11-15(20)18-13-8-12(2-3-14(13)24-11)16(21)19-5-7-23-17(9-19)4-6-22-10-17/h2-3,8,11H,4-7,9-10H2,1H3,(H,18,20). The van der Waals surface area contributed by atoms with Gasteiger partial charge in [0.1, 0.15) is 5.60 Å². The van der Waals surface area contributed by atoms with Crippen molar-refractivity contribution in [2.75, 3.05) is 38.2 Å². The van der Waals surface area contributed by atoms with Gasteiger partial charge in [-0.25, -0.2) is 0 Å². The molecular weight excluding hydrogens is 328 g/mol. The number of ether oxygens (including phenoxy) is 2. The third-order valence-corrected chi connectivity index (χ3v) is 5.94. The van der Waals surface area contributed by atoms with E-state index < -0.39 is 0 Å². The molecule has 1 N–H and O–H groups in total. The molecule has 2 atom stereocenters. The summed E-state index contributed by atoms with van der Waals surface area (Å²) in [4.78, 5) is 27.6. The zero-order valence-electron chi connectivity index (χ0n) is 13.5. The van der Waals surface area contributed by atoms with Crippen molar-refractivity contribution in [3.05, 3.63) is 23.8 Å². The van der Waals surface area contributed by atoms with Crippen LogP contribution in [0.1, 0.15) is 23.7 Å². The Hall–Kier alpha value is -1.57. The van der Waals surface area contributed by atoms with Gasteiger partial charge in [-0.05, 0) is 25.1 Å². The van der Waals surface area contributed by atoms with Gasteiger partial charge >= 0.3 is 0 Å². The number of benzene rings is 1. The Kier molecular flexibility index (Phi) is 4.02. The first-order valence-electron chi connectivity index (χ1n) is 8.19. The summed E-state index contributed by atoms with van der Waals surface area (Å²) in [7, 11) is 0. The minimum Gasteiger partial charge on any atom is -0.378 e. The minimum atomic E-state index is -0.346. The van der Waals surface area contributed by atoms with E-state index in [1.807, 2.05) is 24.0 Å². The largest absolute Gasteiger partial charge is 0.378 e. The van der Waals surface area contributed by atoms with E-state index in [9.17, 15) is 9.59 Å². The minimum absolute atomic E-state index is 0.0227. The van der Waals surface area contributed by atoms with Gasteiger partial charge in [0.2, 0.25) is 5.91 Å². The van der Waals surface area contributed by atoms with Crippen molar-refractivity contribution in [2.24, 2.45) is 0 Å². The zero-order chi connectivity index (χ0) is 16.7. The van der Waals surface area contributed by atoms with Crippen molar-refractivity contribution < 1.29 is 19.1 Å². The maximum Gasteiger partial charge on any atom is 0.254 e. The Morgan fingerprint density at radius 3 is 3.08 bits per heavy atom. The molecule has 2 fully saturated rings. The van der Waals surface area contributed by atoms with Gasteiger partial charge in [-0.1, -0.05) is 0 Å². The molecule has 3 heterocycles. The van der Waals surface area contributed by atoms with Crippen molar-refractivity contribution in [1.29, 1.82) is 0 Å². The fourth-order valence-corrected chi connectivity index (χ4v) is 4.30. The topological polar surface area (TPSA) is 67.9 Å². The molecule has 3 aliphatic rings. The summed E-state index contributed by atoms with van der Waals surface area (Å²) in [5.74, 6) is -0.0456. The third kappa shape index (κ3) is 2.81. The molecule has 0 saturated carbocycles. The normalized spacial score (nSPS) is 29.5. The summed E-state index contributed by atoms with van der Waals surface area (Å²) in [5.41, 5.74) is 0.975. The second-order valence-corrected chi connectivity index (χ2v) is 7.90. The molecule has 0 bridgehead atoms. The highest BCUT2D eigenvalue weighted by atomic mass is 32.2. The summed E-state index contributed by atoms with van der Waals surface area (Å²) in [6, 6.07) is 5.53. The van der Waals surface area contributed by atoms with Gasteiger partial charge in [-0.2, -0.15) is 0 Å². The van der Waals surface area contributed by atoms with Gasteiger partial charge in [-0.15, -0.1) is 11.8 Å². The lowest BCUT2D eigenvalue weighted by atomic mass is 10.00. The molecule has 1 spiro atoms. The molecule has 1 aromatic carbocycles. The van der Waals surface area contributed by atoms with Crippen molar-refractivity contribution in [2.45, 2.75) is 29.1 Å². The van der Waals surface area contributed by atoms with E-state index in [2.05, 4.69) is 5.32 Å². The van der Waals surface area contributed by atoms with Crippen LogP contribution in [-0.2, 0) is 14.3 Å². The third-order valence-electron chi connectivity index (χ3n) is 4.76. The Morgan fingerprint density at radius 2 is 2.29 bits per heavy atom. The monoisotopic (exact) mass is 348 g/mol. The van der Waals surface area contributed by atoms with Crippen LogP contribution in [0.4, 0.5) is 5.69 Å². The van der Waals surface area contributed by atoms with Crippen molar-refractivity contribution in [3.8, 4) is 0 Å². The zero-order valence-corrected chi connectivity index (χ0v) is 14.4. The Labute approximate surface area is 144 Å². The maximum absolute atomic E-state index is 12.9. The molecule has 3 aliphatic heterocycles. The predicted molar refractivity (Wildman–Crippen MR) is 90.4 cm³/mol. The number of carbonyl (C=O) groups excluding carboxylic acids is 2. The van der Waals surface area contributed by atoms with Crippen molar-refractivity contribution >= 4 is 29.3 Å². The number of amides is 2. The van der Waals surface area contributed by atoms with E-state index in [-0.39, 0.29) is 22.7 Å². The summed E-state index contributed by atoms with van der Waals surface area (Å²) in [6.45, 7) is 4.77. The molecular formula is C17H20N2O4S. The van der Waals surface area contributed by atoms with Crippen LogP contribution < -0.4 is 5.32 Å². The van der Waals surface area contributed by atoms with Gasteiger partial charge < -0.3 is 19.7 Å². The van der Waals surface area contributed by atoms with E-state index in [1.165, 1.54) is 11.8 Å². The van der Waals surface area contributed by atoms with Gasteiger partial charge in [0.05, 0.1) is 30.7 Å². The molecule has 7 heteroatoms. The molecule has 6 nitrogen and oxygen atoms in total. The maximum atomic E-state index is 12.9. The number of thioether (sulfide) groups is 1. The fourth-order valence-electron chi connectivity index (χ4n) is 3.37. The van der Waals surface area contributed by atoms with Crippen LogP contribution in [-0.4, -0.2) is 60.5 Å². The number of morpholine rings is 1. The van der Waals surface area contributed by atoms with Crippen molar-refractivity contribution in [1.82, 2.24) is 4.90 Å². The van der Waals surface area contributed by atoms with Crippen LogP contribution in [0.5, 0.6) is 0 Å². The van der Waals surface area contributed by atoms with E-state index in [4.69, 9.17) is 9.47 Å². The van der Waals surface area contributed by atoms with E-state index in [0.717, 1.165) is 17.0 Å². The van der Waals surface area contributed by atoms with Crippen LogP contribution in [0, 0.1) is 0 Å². The highest BCUT2D eigenvalue weighted by Crippen LogP contribution is 2.36. The SMILES string of the molecule is CC1Sc2ccc(C(=O)N3CCOC4(CCOC4)C3)cc2NC1=O. The number of nitrogens with zero attached hydrogens (tertiary/aromatic N) is 1. The van der Waals surface area contributed by atoms with Crippen LogP contribution in [0.2, 0.25) is 0 Å². The first-order valence-corrected chi connectivity index (χ1v) is 9.07. The lowest BCUT2D eigenvalue weighted by Crippen LogP contribution is -2.54. The van der Waals surface area contributed by atoms with Gasteiger partial charge in [0, 0.05) is 30.0 Å². The number of carbonyl (C=O) groups is 2. The average Bonchev–Trinajstić information content (AvgIpc) is 3.02. The van der Waals surface area contributed by atoms with Crippen LogP contribution >= 0.6 is 11.8 Å². The lowest BCUT2D eigenvalue weighted by molar-refractivity contribution is -0.115. The molecule has 2 amide bonds. The Balaban J connectivity index is 1.54. The van der Waals surface area contributed by atoms with E-state index in [1.54, 1.807) is 6.07 Å². The smallest absolute Gasteiger partial charge is 0.254 e. The lowest BCUT2D eigenvalue weighted by Gasteiger charge is -2.39. The molecule has 1 aromatic rings. The average molecular weight is 348 g/mol. The molecule has 0 aromatic heterocycles. The molecule has 2 unspecified atom stereocenters. The predicted octanol–water partition coefficient (Wildman–Crippen LogP) is 1.75. The van der Waals surface area contributed by atoms with Gasteiger partial charge in [0.25, 0.3) is 5.91 Å². The summed E-state index contributed by atoms with van der Waals surface area (Å²) < 4.78 is 11.3. The van der Waals surface area contributed by atoms with Gasteiger partial charge in [-0.3, -0.25) is 9.59 Å². The summed E-state index contributed by atoms with van der Waals surface area (Å²) >= 11 is 1.52. The number of hydrogen-bond donors (Lipinski definition) is 1. The molecule has 128 valence electrons. The molecule has 4 rings (SSSR count). The molecule has 0 radical (unpaired) electrons. The summed E-state index contributed by atoms with van der Waals surface area (Å²) in [5, 5.41) is 2.77. The van der Waals surface area contributed by atoms with Crippen LogP contribution in [0.25, 0.3) is 0 Å². The van der Waals surface area contributed by atoms with Crippen molar-refractivity contribution in [3.63, 3.8) is 0 Å². The quantitative estimate of drug-likeness (QED) is 0.837. The second kappa shape index (κ2) is 6.06. The van der Waals surface area contributed by atoms with Gasteiger partial charge in [0.15, 0.2) is 0 Å². The Morgan fingerprint density at radius 1 is 1.42 bits per heavy atom. The van der Waals surface area contributed by atoms with Crippen LogP contribution in [0.15, 0.2) is 23.1 Å². The number of nitrogens with one attached hydrogen (secondary N) is 1. The molecule has 0 aliphatic carbocycles. The highest BCUT2D eigenvalue weighted by Gasteiger charge is 2.41. The summed E-state index contributed by atoms with van der Waals surface area (Å²) in [6.07, 6.45) is 0.825. The first kappa shape index (κ1) is 15.9. The second-order valence-electron chi connectivity index (χ2n) is 6.52. The van der Waals surface area contributed by atoms with Crippen LogP contribution in [0.3, 0.4) is 0 Å². The Bertz CT molecular complexity index is 687. The highest BCUT2D eigenvalue weighted by molar-refractivity contribution is 8.00. The first-order chi connectivity index (χ1) is 11.6.